The van der Waals surface area contributed by atoms with Gasteiger partial charge in [-0.05, 0) is 29.3 Å². The van der Waals surface area contributed by atoms with Gasteiger partial charge in [0.2, 0.25) is 0 Å². The fourth-order valence-corrected chi connectivity index (χ4v) is 1.55. The maximum atomic E-state index is 12.7. The van der Waals surface area contributed by atoms with Crippen molar-refractivity contribution >= 4 is 12.2 Å². The van der Waals surface area contributed by atoms with Crippen LogP contribution in [-0.4, -0.2) is 23.9 Å². The molecule has 21 heavy (non-hydrogen) atoms. The molecule has 2 nitrogen and oxygen atoms in total. The fraction of sp³-hybridized carbons (Fsp3) is 0.200. The number of alkyl halides is 4. The quantitative estimate of drug-likeness (QED) is 0.782. The summed E-state index contributed by atoms with van der Waals surface area (Å²) in [5, 5.41) is 0. The van der Waals surface area contributed by atoms with Crippen LogP contribution >= 0.6 is 0 Å². The molecule has 1 aromatic carbocycles. The highest BCUT2D eigenvalue weighted by molar-refractivity contribution is 5.69. The Morgan fingerprint density at radius 3 is 2.29 bits per heavy atom. The van der Waals surface area contributed by atoms with Gasteiger partial charge in [-0.3, -0.25) is 0 Å². The van der Waals surface area contributed by atoms with Gasteiger partial charge < -0.3 is 9.72 Å². The van der Waals surface area contributed by atoms with E-state index in [0.717, 1.165) is 11.1 Å². The SMILES string of the molecule is FC(F)C(F)(F)COc1ccc(/C=C/c2cc[nH]c2)cc1. The number of benzene rings is 1. The second-order valence-corrected chi connectivity index (χ2v) is 4.40. The standard InChI is InChI=1S/C15H13F4NO/c16-14(17)15(18,19)10-21-13-5-3-11(4-6-13)1-2-12-7-8-20-9-12/h1-9,14,20H,10H2/b2-1+. The first-order valence-electron chi connectivity index (χ1n) is 6.17. The molecule has 2 rings (SSSR count). The number of hydrogen-bond donors (Lipinski definition) is 1. The van der Waals surface area contributed by atoms with Gasteiger partial charge in [-0.2, -0.15) is 8.78 Å². The van der Waals surface area contributed by atoms with Crippen LogP contribution in [0, 0.1) is 0 Å². The number of halogens is 4. The summed E-state index contributed by atoms with van der Waals surface area (Å²) in [6.07, 6.45) is 3.58. The van der Waals surface area contributed by atoms with E-state index in [9.17, 15) is 17.6 Å². The van der Waals surface area contributed by atoms with Crippen molar-refractivity contribution in [2.45, 2.75) is 12.3 Å². The Balaban J connectivity index is 1.93. The monoisotopic (exact) mass is 299 g/mol. The Kier molecular flexibility index (Phi) is 4.67. The van der Waals surface area contributed by atoms with Crippen molar-refractivity contribution in [1.82, 2.24) is 4.98 Å². The third-order valence-electron chi connectivity index (χ3n) is 2.72. The summed E-state index contributed by atoms with van der Waals surface area (Å²) in [6.45, 7) is -1.34. The predicted molar refractivity (Wildman–Crippen MR) is 72.6 cm³/mol. The van der Waals surface area contributed by atoms with Gasteiger partial charge in [0.05, 0.1) is 0 Å². The van der Waals surface area contributed by atoms with Crippen molar-refractivity contribution in [1.29, 1.82) is 0 Å². The maximum Gasteiger partial charge on any atom is 0.340 e. The molecule has 0 fully saturated rings. The van der Waals surface area contributed by atoms with E-state index < -0.39 is 19.0 Å². The minimum atomic E-state index is -4.15. The zero-order valence-corrected chi connectivity index (χ0v) is 10.9. The van der Waals surface area contributed by atoms with E-state index in [0.29, 0.717) is 0 Å². The van der Waals surface area contributed by atoms with Crippen LogP contribution in [-0.2, 0) is 0 Å². The van der Waals surface area contributed by atoms with Gasteiger partial charge in [-0.25, -0.2) is 8.78 Å². The fourth-order valence-electron chi connectivity index (χ4n) is 1.55. The van der Waals surface area contributed by atoms with Gasteiger partial charge in [0.15, 0.2) is 6.61 Å². The van der Waals surface area contributed by atoms with E-state index in [-0.39, 0.29) is 5.75 Å². The summed E-state index contributed by atoms with van der Waals surface area (Å²) in [7, 11) is 0. The second-order valence-electron chi connectivity index (χ2n) is 4.40. The van der Waals surface area contributed by atoms with E-state index in [1.54, 1.807) is 18.3 Å². The highest BCUT2D eigenvalue weighted by atomic mass is 19.3. The summed E-state index contributed by atoms with van der Waals surface area (Å²) in [4.78, 5) is 2.91. The Hall–Kier alpha value is -2.24. The number of H-pyrrole nitrogens is 1. The lowest BCUT2D eigenvalue weighted by Crippen LogP contribution is -2.33. The van der Waals surface area contributed by atoms with Crippen LogP contribution in [0.1, 0.15) is 11.1 Å². The third kappa shape index (κ3) is 4.37. The molecule has 0 aliphatic rings. The van der Waals surface area contributed by atoms with Crippen molar-refractivity contribution in [3.05, 3.63) is 53.9 Å². The summed E-state index contributed by atoms with van der Waals surface area (Å²) in [5.41, 5.74) is 1.83. The average molecular weight is 299 g/mol. The van der Waals surface area contributed by atoms with Crippen LogP contribution in [0.3, 0.4) is 0 Å². The van der Waals surface area contributed by atoms with E-state index in [1.807, 2.05) is 24.4 Å². The molecule has 0 aliphatic heterocycles. The number of aromatic amines is 1. The first kappa shape index (κ1) is 15.2. The van der Waals surface area contributed by atoms with Gasteiger partial charge in [0.1, 0.15) is 5.75 Å². The Bertz CT molecular complexity index is 576. The molecular formula is C15H13F4NO. The second kappa shape index (κ2) is 6.47. The molecule has 0 amide bonds. The first-order chi connectivity index (χ1) is 9.97. The summed E-state index contributed by atoms with van der Waals surface area (Å²) in [6, 6.07) is 8.11. The lowest BCUT2D eigenvalue weighted by atomic mass is 10.2. The van der Waals surface area contributed by atoms with Crippen LogP contribution in [0.2, 0.25) is 0 Å². The van der Waals surface area contributed by atoms with Crippen LogP contribution in [0.4, 0.5) is 17.6 Å². The highest BCUT2D eigenvalue weighted by Crippen LogP contribution is 2.24. The topological polar surface area (TPSA) is 25.0 Å². The minimum absolute atomic E-state index is 0.120. The van der Waals surface area contributed by atoms with Crippen LogP contribution in [0.25, 0.3) is 12.2 Å². The Morgan fingerprint density at radius 2 is 1.71 bits per heavy atom. The van der Waals surface area contributed by atoms with Crippen molar-refractivity contribution in [2.75, 3.05) is 6.61 Å². The van der Waals surface area contributed by atoms with E-state index in [2.05, 4.69) is 9.72 Å². The summed E-state index contributed by atoms with van der Waals surface area (Å²) in [5.74, 6) is -4.03. The molecule has 1 N–H and O–H groups in total. The zero-order valence-electron chi connectivity index (χ0n) is 10.9. The lowest BCUT2D eigenvalue weighted by molar-refractivity contribution is -0.148. The largest absolute Gasteiger partial charge is 0.487 e. The molecule has 0 saturated heterocycles. The summed E-state index contributed by atoms with van der Waals surface area (Å²) < 4.78 is 54.0. The summed E-state index contributed by atoms with van der Waals surface area (Å²) >= 11 is 0. The number of nitrogens with one attached hydrogen (secondary N) is 1. The third-order valence-corrected chi connectivity index (χ3v) is 2.72. The normalized spacial score (nSPS) is 12.2. The van der Waals surface area contributed by atoms with Crippen molar-refractivity contribution < 1.29 is 22.3 Å². The Morgan fingerprint density at radius 1 is 1.05 bits per heavy atom. The van der Waals surface area contributed by atoms with Crippen molar-refractivity contribution in [3.8, 4) is 5.75 Å². The number of ether oxygens (including phenoxy) is 1. The highest BCUT2D eigenvalue weighted by Gasteiger charge is 2.41. The molecule has 0 atom stereocenters. The number of aromatic nitrogens is 1. The van der Waals surface area contributed by atoms with Gasteiger partial charge in [-0.15, -0.1) is 0 Å². The van der Waals surface area contributed by atoms with Crippen LogP contribution < -0.4 is 4.74 Å². The smallest absolute Gasteiger partial charge is 0.340 e. The van der Waals surface area contributed by atoms with Gasteiger partial charge in [0, 0.05) is 12.4 Å². The maximum absolute atomic E-state index is 12.7. The average Bonchev–Trinajstić information content (AvgIpc) is 2.97. The number of rotatable bonds is 6. The first-order valence-corrected chi connectivity index (χ1v) is 6.17. The van der Waals surface area contributed by atoms with E-state index in [4.69, 9.17) is 0 Å². The van der Waals surface area contributed by atoms with Crippen LogP contribution in [0.5, 0.6) is 5.75 Å². The van der Waals surface area contributed by atoms with E-state index >= 15 is 0 Å². The molecule has 0 aliphatic carbocycles. The molecule has 1 heterocycles. The minimum Gasteiger partial charge on any atom is -0.487 e. The molecule has 6 heteroatoms. The van der Waals surface area contributed by atoms with Gasteiger partial charge in [0.25, 0.3) is 0 Å². The molecule has 1 aromatic heterocycles. The molecule has 0 saturated carbocycles. The molecule has 0 bridgehead atoms. The lowest BCUT2D eigenvalue weighted by Gasteiger charge is -2.15. The van der Waals surface area contributed by atoms with Crippen molar-refractivity contribution in [2.24, 2.45) is 0 Å². The molecule has 0 radical (unpaired) electrons. The Labute approximate surface area is 119 Å². The molecular weight excluding hydrogens is 286 g/mol. The molecule has 0 spiro atoms. The molecule has 0 unspecified atom stereocenters. The zero-order chi connectivity index (χ0) is 15.3. The van der Waals surface area contributed by atoms with Crippen molar-refractivity contribution in [3.63, 3.8) is 0 Å². The van der Waals surface area contributed by atoms with E-state index in [1.165, 1.54) is 12.1 Å². The number of hydrogen-bond acceptors (Lipinski definition) is 1. The van der Waals surface area contributed by atoms with Gasteiger partial charge in [-0.1, -0.05) is 24.3 Å². The van der Waals surface area contributed by atoms with Crippen LogP contribution in [0.15, 0.2) is 42.7 Å². The molecule has 112 valence electrons. The molecule has 2 aromatic rings. The van der Waals surface area contributed by atoms with Gasteiger partial charge >= 0.3 is 12.3 Å². The predicted octanol–water partition coefficient (Wildman–Crippen LogP) is 4.46.